The minimum atomic E-state index is -0.395. The molecule has 1 aliphatic rings. The van der Waals surface area contributed by atoms with E-state index in [4.69, 9.17) is 21.1 Å². The zero-order valence-electron chi connectivity index (χ0n) is 18.9. The van der Waals surface area contributed by atoms with Gasteiger partial charge in [-0.05, 0) is 71.8 Å². The van der Waals surface area contributed by atoms with Crippen LogP contribution in [0.2, 0.25) is 5.02 Å². The number of thioether (sulfide) groups is 1. The van der Waals surface area contributed by atoms with Crippen molar-refractivity contribution in [2.45, 2.75) is 20.1 Å². The number of rotatable bonds is 8. The van der Waals surface area contributed by atoms with E-state index in [1.54, 1.807) is 60.7 Å². The van der Waals surface area contributed by atoms with Crippen molar-refractivity contribution in [3.05, 3.63) is 98.9 Å². The number of amides is 2. The van der Waals surface area contributed by atoms with Crippen molar-refractivity contribution in [1.29, 1.82) is 5.26 Å². The van der Waals surface area contributed by atoms with Crippen molar-refractivity contribution in [2.75, 3.05) is 6.61 Å². The van der Waals surface area contributed by atoms with Gasteiger partial charge in [0.25, 0.3) is 11.1 Å². The minimum absolute atomic E-state index is 0.0490. The molecule has 1 heterocycles. The van der Waals surface area contributed by atoms with Crippen LogP contribution in [0.15, 0.2) is 71.6 Å². The maximum Gasteiger partial charge on any atom is 0.293 e. The van der Waals surface area contributed by atoms with E-state index < -0.39 is 5.91 Å². The van der Waals surface area contributed by atoms with Gasteiger partial charge in [-0.1, -0.05) is 48.0 Å². The molecule has 4 rings (SSSR count). The number of ether oxygens (including phenoxy) is 2. The van der Waals surface area contributed by atoms with Gasteiger partial charge in [-0.15, -0.1) is 0 Å². The van der Waals surface area contributed by atoms with E-state index in [-0.39, 0.29) is 11.8 Å². The van der Waals surface area contributed by atoms with Gasteiger partial charge in [-0.2, -0.15) is 5.26 Å². The summed E-state index contributed by atoms with van der Waals surface area (Å²) in [6.45, 7) is 2.71. The fraction of sp³-hybridized carbons (Fsp3) is 0.148. The zero-order chi connectivity index (χ0) is 24.8. The lowest BCUT2D eigenvalue weighted by molar-refractivity contribution is -0.123. The summed E-state index contributed by atoms with van der Waals surface area (Å²) in [6.07, 6.45) is 1.66. The molecule has 0 aliphatic carbocycles. The average Bonchev–Trinajstić information content (AvgIpc) is 3.12. The van der Waals surface area contributed by atoms with Gasteiger partial charge in [0, 0.05) is 5.02 Å². The van der Waals surface area contributed by atoms with Crippen LogP contribution in [0.5, 0.6) is 11.5 Å². The Morgan fingerprint density at radius 3 is 2.54 bits per heavy atom. The molecule has 3 aromatic rings. The van der Waals surface area contributed by atoms with E-state index in [1.807, 2.05) is 19.1 Å². The monoisotopic (exact) mass is 504 g/mol. The first-order valence-corrected chi connectivity index (χ1v) is 12.1. The van der Waals surface area contributed by atoms with Gasteiger partial charge in [0.15, 0.2) is 11.5 Å². The van der Waals surface area contributed by atoms with Crippen LogP contribution in [0, 0.1) is 11.3 Å². The second kappa shape index (κ2) is 11.1. The van der Waals surface area contributed by atoms with Crippen LogP contribution in [-0.2, 0) is 17.9 Å². The molecule has 0 bridgehead atoms. The van der Waals surface area contributed by atoms with Crippen molar-refractivity contribution < 1.29 is 19.1 Å². The molecule has 0 aromatic heterocycles. The topological polar surface area (TPSA) is 79.6 Å². The number of carbonyl (C=O) groups is 2. The van der Waals surface area contributed by atoms with Crippen molar-refractivity contribution >= 4 is 40.6 Å². The van der Waals surface area contributed by atoms with E-state index in [0.717, 1.165) is 22.2 Å². The Morgan fingerprint density at radius 1 is 1.03 bits per heavy atom. The maximum absolute atomic E-state index is 13.0. The Kier molecular flexibility index (Phi) is 7.76. The van der Waals surface area contributed by atoms with Gasteiger partial charge >= 0.3 is 0 Å². The van der Waals surface area contributed by atoms with Crippen molar-refractivity contribution in [3.8, 4) is 17.6 Å². The smallest absolute Gasteiger partial charge is 0.293 e. The zero-order valence-corrected chi connectivity index (χ0v) is 20.4. The highest BCUT2D eigenvalue weighted by molar-refractivity contribution is 8.18. The van der Waals surface area contributed by atoms with Crippen molar-refractivity contribution in [2.24, 2.45) is 0 Å². The van der Waals surface area contributed by atoms with E-state index in [2.05, 4.69) is 6.07 Å². The first-order valence-electron chi connectivity index (χ1n) is 10.9. The number of carbonyl (C=O) groups excluding carboxylic acids is 2. The molecular formula is C27H21ClN2O4S. The van der Waals surface area contributed by atoms with E-state index in [9.17, 15) is 14.9 Å². The van der Waals surface area contributed by atoms with Gasteiger partial charge in [0.1, 0.15) is 6.61 Å². The number of hydrogen-bond donors (Lipinski definition) is 0. The molecule has 0 saturated carbocycles. The highest BCUT2D eigenvalue weighted by atomic mass is 35.5. The fourth-order valence-corrected chi connectivity index (χ4v) is 4.43. The standard InChI is InChI=1S/C27H21ClN2O4S/c1-2-33-24-13-19(9-12-23(24)34-17-18-7-10-22(28)11-8-18)14-25-26(31)30(27(32)35-25)16-21-6-4-3-5-20(21)15-29/h3-14H,2,16-17H2,1H3/b25-14+. The summed E-state index contributed by atoms with van der Waals surface area (Å²) in [6, 6.07) is 21.8. The van der Waals surface area contributed by atoms with Gasteiger partial charge in [0.2, 0.25) is 0 Å². The predicted molar refractivity (Wildman–Crippen MR) is 136 cm³/mol. The Labute approximate surface area is 212 Å². The van der Waals surface area contributed by atoms with Crippen LogP contribution in [0.1, 0.15) is 29.2 Å². The summed E-state index contributed by atoms with van der Waals surface area (Å²) in [7, 11) is 0. The first-order chi connectivity index (χ1) is 17.0. The number of halogens is 1. The number of nitrogens with zero attached hydrogens (tertiary/aromatic N) is 2. The first kappa shape index (κ1) is 24.4. The quantitative estimate of drug-likeness (QED) is 0.329. The molecule has 8 heteroatoms. The largest absolute Gasteiger partial charge is 0.490 e. The molecule has 0 unspecified atom stereocenters. The Morgan fingerprint density at radius 2 is 1.80 bits per heavy atom. The maximum atomic E-state index is 13.0. The Bertz CT molecular complexity index is 1330. The molecule has 35 heavy (non-hydrogen) atoms. The van der Waals surface area contributed by atoms with Crippen LogP contribution in [0.3, 0.4) is 0 Å². The lowest BCUT2D eigenvalue weighted by Crippen LogP contribution is -2.27. The minimum Gasteiger partial charge on any atom is -0.490 e. The summed E-state index contributed by atoms with van der Waals surface area (Å²) in [5, 5.41) is 9.58. The van der Waals surface area contributed by atoms with Crippen LogP contribution >= 0.6 is 23.4 Å². The van der Waals surface area contributed by atoms with E-state index in [0.29, 0.717) is 51.3 Å². The highest BCUT2D eigenvalue weighted by Gasteiger charge is 2.35. The van der Waals surface area contributed by atoms with Crippen molar-refractivity contribution in [1.82, 2.24) is 4.90 Å². The summed E-state index contributed by atoms with van der Waals surface area (Å²) in [5.74, 6) is 0.714. The highest BCUT2D eigenvalue weighted by Crippen LogP contribution is 2.36. The second-order valence-electron chi connectivity index (χ2n) is 7.59. The number of imide groups is 1. The lowest BCUT2D eigenvalue weighted by Gasteiger charge is -2.14. The van der Waals surface area contributed by atoms with Crippen LogP contribution in [-0.4, -0.2) is 22.7 Å². The molecule has 0 atom stereocenters. The molecule has 0 radical (unpaired) electrons. The van der Waals surface area contributed by atoms with Gasteiger partial charge in [0.05, 0.1) is 29.7 Å². The predicted octanol–water partition coefficient (Wildman–Crippen LogP) is 6.43. The fourth-order valence-electron chi connectivity index (χ4n) is 3.47. The third kappa shape index (κ3) is 5.86. The SMILES string of the molecule is CCOc1cc(/C=C2/SC(=O)N(Cc3ccccc3C#N)C2=O)ccc1OCc1ccc(Cl)cc1. The Balaban J connectivity index is 1.51. The average molecular weight is 505 g/mol. The third-order valence-electron chi connectivity index (χ3n) is 5.21. The normalized spacial score (nSPS) is 14.3. The number of benzene rings is 3. The molecule has 176 valence electrons. The second-order valence-corrected chi connectivity index (χ2v) is 9.02. The van der Waals surface area contributed by atoms with Gasteiger partial charge < -0.3 is 9.47 Å². The number of hydrogen-bond acceptors (Lipinski definition) is 6. The molecular weight excluding hydrogens is 484 g/mol. The third-order valence-corrected chi connectivity index (χ3v) is 6.37. The summed E-state index contributed by atoms with van der Waals surface area (Å²) >= 11 is 6.81. The van der Waals surface area contributed by atoms with Crippen LogP contribution < -0.4 is 9.47 Å². The van der Waals surface area contributed by atoms with E-state index in [1.165, 1.54) is 0 Å². The van der Waals surface area contributed by atoms with E-state index >= 15 is 0 Å². The van der Waals surface area contributed by atoms with Gasteiger partial charge in [-0.3, -0.25) is 14.5 Å². The lowest BCUT2D eigenvalue weighted by atomic mass is 10.1. The molecule has 1 saturated heterocycles. The molecule has 6 nitrogen and oxygen atoms in total. The van der Waals surface area contributed by atoms with Crippen molar-refractivity contribution in [3.63, 3.8) is 0 Å². The molecule has 0 spiro atoms. The van der Waals surface area contributed by atoms with Gasteiger partial charge in [-0.25, -0.2) is 0 Å². The Hall–Kier alpha value is -3.73. The van der Waals surface area contributed by atoms with Crippen LogP contribution in [0.25, 0.3) is 6.08 Å². The molecule has 2 amide bonds. The summed E-state index contributed by atoms with van der Waals surface area (Å²) in [5.41, 5.74) is 2.73. The molecule has 0 N–H and O–H groups in total. The van der Waals surface area contributed by atoms with Crippen LogP contribution in [0.4, 0.5) is 4.79 Å². The molecule has 1 aliphatic heterocycles. The summed E-state index contributed by atoms with van der Waals surface area (Å²) in [4.78, 5) is 27.0. The number of nitriles is 1. The summed E-state index contributed by atoms with van der Waals surface area (Å²) < 4.78 is 11.7. The molecule has 3 aromatic carbocycles. The molecule has 1 fully saturated rings.